The number of aromatic nitrogens is 3. The molecule has 6 nitrogen and oxygen atoms in total. The lowest BCUT2D eigenvalue weighted by Gasteiger charge is -2.19. The van der Waals surface area contributed by atoms with E-state index in [-0.39, 0.29) is 16.0 Å². The van der Waals surface area contributed by atoms with Gasteiger partial charge in [0.1, 0.15) is 0 Å². The molecule has 0 aliphatic rings. The van der Waals surface area contributed by atoms with Gasteiger partial charge in [-0.25, -0.2) is 0 Å². The quantitative estimate of drug-likeness (QED) is 0.195. The number of rotatable bonds is 6. The first kappa shape index (κ1) is 21.8. The number of benzene rings is 3. The Hall–Kier alpha value is -3.45. The van der Waals surface area contributed by atoms with Gasteiger partial charge in [0.25, 0.3) is 5.69 Å². The van der Waals surface area contributed by atoms with Crippen molar-refractivity contribution in [2.45, 2.75) is 37.1 Å². The Balaban J connectivity index is 1.69. The summed E-state index contributed by atoms with van der Waals surface area (Å²) in [7, 11) is 0. The molecule has 162 valence electrons. The van der Waals surface area contributed by atoms with Gasteiger partial charge in [0, 0.05) is 29.1 Å². The second kappa shape index (κ2) is 8.96. The van der Waals surface area contributed by atoms with Gasteiger partial charge in [0.05, 0.1) is 4.92 Å². The van der Waals surface area contributed by atoms with Crippen LogP contribution < -0.4 is 0 Å². The third kappa shape index (κ3) is 4.73. The molecule has 0 fully saturated rings. The number of nitrogens with zero attached hydrogens (tertiary/aromatic N) is 4. The SMILES string of the molecule is CC(C)(C)c1ccc(-c2nnc(SCc3cccc([N+](=O)[O-])c3)n2-c2ccccc2)cc1. The second-order valence-corrected chi connectivity index (χ2v) is 9.46. The van der Waals surface area contributed by atoms with Crippen molar-refractivity contribution >= 4 is 17.4 Å². The Bertz CT molecular complexity index is 1230. The first-order chi connectivity index (χ1) is 15.3. The molecule has 3 aromatic carbocycles. The number of para-hydroxylation sites is 1. The summed E-state index contributed by atoms with van der Waals surface area (Å²) in [6, 6.07) is 25.1. The fraction of sp³-hybridized carbons (Fsp3) is 0.200. The van der Waals surface area contributed by atoms with Crippen LogP contribution in [0.25, 0.3) is 17.1 Å². The van der Waals surface area contributed by atoms with E-state index in [0.29, 0.717) is 5.75 Å². The predicted octanol–water partition coefficient (Wildman–Crippen LogP) is 6.43. The summed E-state index contributed by atoms with van der Waals surface area (Å²) in [5.74, 6) is 1.31. The number of nitro benzene ring substituents is 1. The molecule has 4 aromatic rings. The fourth-order valence-corrected chi connectivity index (χ4v) is 4.28. The highest BCUT2D eigenvalue weighted by Crippen LogP contribution is 2.31. The highest BCUT2D eigenvalue weighted by atomic mass is 32.2. The van der Waals surface area contributed by atoms with Crippen LogP contribution in [-0.4, -0.2) is 19.7 Å². The van der Waals surface area contributed by atoms with E-state index in [1.54, 1.807) is 12.1 Å². The van der Waals surface area contributed by atoms with Gasteiger partial charge in [-0.1, -0.05) is 87.1 Å². The minimum atomic E-state index is -0.375. The van der Waals surface area contributed by atoms with Crippen LogP contribution in [0, 0.1) is 10.1 Å². The first-order valence-electron chi connectivity index (χ1n) is 10.3. The summed E-state index contributed by atoms with van der Waals surface area (Å²) in [5, 5.41) is 20.8. The lowest BCUT2D eigenvalue weighted by molar-refractivity contribution is -0.384. The molecule has 1 aromatic heterocycles. The van der Waals surface area contributed by atoms with Crippen molar-refractivity contribution < 1.29 is 4.92 Å². The third-order valence-electron chi connectivity index (χ3n) is 5.15. The van der Waals surface area contributed by atoms with Crippen LogP contribution >= 0.6 is 11.8 Å². The summed E-state index contributed by atoms with van der Waals surface area (Å²) in [5.41, 5.74) is 4.23. The average Bonchev–Trinajstić information content (AvgIpc) is 3.22. The van der Waals surface area contributed by atoms with Crippen molar-refractivity contribution in [3.05, 3.63) is 100 Å². The monoisotopic (exact) mass is 444 g/mol. The maximum atomic E-state index is 11.1. The van der Waals surface area contributed by atoms with Crippen molar-refractivity contribution in [3.63, 3.8) is 0 Å². The molecule has 7 heteroatoms. The molecule has 0 bridgehead atoms. The third-order valence-corrected chi connectivity index (χ3v) is 6.15. The molecule has 4 rings (SSSR count). The van der Waals surface area contributed by atoms with Crippen LogP contribution in [-0.2, 0) is 11.2 Å². The first-order valence-corrected chi connectivity index (χ1v) is 11.3. The van der Waals surface area contributed by atoms with Gasteiger partial charge in [-0.3, -0.25) is 14.7 Å². The van der Waals surface area contributed by atoms with Crippen molar-refractivity contribution in [1.29, 1.82) is 0 Å². The Kier molecular flexibility index (Phi) is 6.10. The molecular formula is C25H24N4O2S. The fourth-order valence-electron chi connectivity index (χ4n) is 3.39. The van der Waals surface area contributed by atoms with Crippen LogP contribution in [0.5, 0.6) is 0 Å². The summed E-state index contributed by atoms with van der Waals surface area (Å²) >= 11 is 1.51. The number of non-ortho nitro benzene ring substituents is 1. The molecule has 0 aliphatic heterocycles. The molecule has 0 radical (unpaired) electrons. The zero-order valence-corrected chi connectivity index (χ0v) is 19.0. The van der Waals surface area contributed by atoms with Crippen molar-refractivity contribution in [2.24, 2.45) is 0 Å². The zero-order valence-electron chi connectivity index (χ0n) is 18.2. The van der Waals surface area contributed by atoms with Crippen LogP contribution in [0.1, 0.15) is 31.9 Å². The van der Waals surface area contributed by atoms with Crippen molar-refractivity contribution in [3.8, 4) is 17.1 Å². The molecule has 0 saturated carbocycles. The Morgan fingerprint density at radius 3 is 2.31 bits per heavy atom. The van der Waals surface area contributed by atoms with Crippen molar-refractivity contribution in [1.82, 2.24) is 14.8 Å². The topological polar surface area (TPSA) is 73.8 Å². The highest BCUT2D eigenvalue weighted by molar-refractivity contribution is 7.98. The van der Waals surface area contributed by atoms with Gasteiger partial charge in [-0.15, -0.1) is 10.2 Å². The Morgan fingerprint density at radius 1 is 0.938 bits per heavy atom. The summed E-state index contributed by atoms with van der Waals surface area (Å²) in [4.78, 5) is 10.7. The van der Waals surface area contributed by atoms with Crippen LogP contribution in [0.4, 0.5) is 5.69 Å². The number of hydrogen-bond acceptors (Lipinski definition) is 5. The zero-order chi connectivity index (χ0) is 22.7. The van der Waals surface area contributed by atoms with Gasteiger partial charge in [0.2, 0.25) is 0 Å². The maximum absolute atomic E-state index is 11.1. The molecular weight excluding hydrogens is 420 g/mol. The lowest BCUT2D eigenvalue weighted by Crippen LogP contribution is -2.10. The summed E-state index contributed by atoms with van der Waals surface area (Å²) < 4.78 is 2.04. The van der Waals surface area contributed by atoms with Crippen molar-refractivity contribution in [2.75, 3.05) is 0 Å². The molecule has 0 saturated heterocycles. The molecule has 0 spiro atoms. The van der Waals surface area contributed by atoms with Gasteiger partial charge in [-0.2, -0.15) is 0 Å². The molecule has 0 amide bonds. The average molecular weight is 445 g/mol. The number of nitro groups is 1. The standard InChI is InChI=1S/C25H24N4O2S/c1-25(2,3)20-14-12-19(13-15-20)23-26-27-24(28(23)21-9-5-4-6-10-21)32-17-18-8-7-11-22(16-18)29(30)31/h4-16H,17H2,1-3H3. The maximum Gasteiger partial charge on any atom is 0.269 e. The lowest BCUT2D eigenvalue weighted by atomic mass is 9.87. The van der Waals surface area contributed by atoms with Gasteiger partial charge in [0.15, 0.2) is 11.0 Å². The minimum absolute atomic E-state index is 0.0743. The Morgan fingerprint density at radius 2 is 1.66 bits per heavy atom. The molecule has 32 heavy (non-hydrogen) atoms. The summed E-state index contributed by atoms with van der Waals surface area (Å²) in [6.07, 6.45) is 0. The predicted molar refractivity (Wildman–Crippen MR) is 128 cm³/mol. The van der Waals surface area contributed by atoms with Gasteiger partial charge < -0.3 is 0 Å². The van der Waals surface area contributed by atoms with Gasteiger partial charge >= 0.3 is 0 Å². The Labute approximate surface area is 191 Å². The van der Waals surface area contributed by atoms with Gasteiger partial charge in [-0.05, 0) is 28.7 Å². The van der Waals surface area contributed by atoms with Crippen LogP contribution in [0.3, 0.4) is 0 Å². The smallest absolute Gasteiger partial charge is 0.269 e. The van der Waals surface area contributed by atoms with E-state index in [0.717, 1.165) is 27.8 Å². The molecule has 0 N–H and O–H groups in total. The largest absolute Gasteiger partial charge is 0.270 e. The number of thioether (sulfide) groups is 1. The number of hydrogen-bond donors (Lipinski definition) is 0. The highest BCUT2D eigenvalue weighted by Gasteiger charge is 2.18. The van der Waals surface area contributed by atoms with E-state index < -0.39 is 0 Å². The molecule has 0 atom stereocenters. The van der Waals surface area contributed by atoms with E-state index in [1.165, 1.54) is 23.4 Å². The van der Waals surface area contributed by atoms with Crippen LogP contribution in [0.15, 0.2) is 84.0 Å². The summed E-state index contributed by atoms with van der Waals surface area (Å²) in [6.45, 7) is 6.57. The van der Waals surface area contributed by atoms with Crippen LogP contribution in [0.2, 0.25) is 0 Å². The van der Waals surface area contributed by atoms with E-state index in [4.69, 9.17) is 0 Å². The normalized spacial score (nSPS) is 11.5. The van der Waals surface area contributed by atoms with E-state index in [1.807, 2.05) is 41.0 Å². The minimum Gasteiger partial charge on any atom is -0.270 e. The molecule has 0 aliphatic carbocycles. The second-order valence-electron chi connectivity index (χ2n) is 8.52. The molecule has 1 heterocycles. The molecule has 0 unspecified atom stereocenters. The van der Waals surface area contributed by atoms with E-state index in [2.05, 4.69) is 55.2 Å². The van der Waals surface area contributed by atoms with E-state index in [9.17, 15) is 10.1 Å². The van der Waals surface area contributed by atoms with E-state index >= 15 is 0 Å².